The zero-order valence-corrected chi connectivity index (χ0v) is 11.0. The van der Waals surface area contributed by atoms with Crippen LogP contribution in [0.4, 0.5) is 8.78 Å². The van der Waals surface area contributed by atoms with E-state index < -0.39 is 6.61 Å². The maximum atomic E-state index is 12.2. The standard InChI is InChI=1S/C10H7Cl2F2N3O2/c1-16-9(19-10(13)14)6(11)7(15-16)5-3-2-4-17(18)8(5)12/h2-4,10H,1H3. The highest BCUT2D eigenvalue weighted by Crippen LogP contribution is 2.37. The normalized spacial score (nSPS) is 11.1. The summed E-state index contributed by atoms with van der Waals surface area (Å²) < 4.78 is 30.2. The van der Waals surface area contributed by atoms with E-state index in [-0.39, 0.29) is 27.3 Å². The van der Waals surface area contributed by atoms with Gasteiger partial charge in [-0.15, -0.1) is 0 Å². The van der Waals surface area contributed by atoms with Crippen molar-refractivity contribution in [2.45, 2.75) is 6.61 Å². The molecular weight excluding hydrogens is 303 g/mol. The Labute approximate surface area is 116 Å². The van der Waals surface area contributed by atoms with Gasteiger partial charge in [-0.3, -0.25) is 0 Å². The molecule has 0 aromatic carbocycles. The Morgan fingerprint density at radius 2 is 2.16 bits per heavy atom. The van der Waals surface area contributed by atoms with Gasteiger partial charge in [0.15, 0.2) is 6.20 Å². The van der Waals surface area contributed by atoms with Gasteiger partial charge in [0.2, 0.25) is 5.88 Å². The number of halogens is 4. The first-order valence-electron chi connectivity index (χ1n) is 4.97. The average molecular weight is 310 g/mol. The SMILES string of the molecule is Cn1nc(-c2ccc[n+]([O-])c2Cl)c(Cl)c1OC(F)F. The Morgan fingerprint density at radius 3 is 2.79 bits per heavy atom. The maximum Gasteiger partial charge on any atom is 0.388 e. The lowest BCUT2D eigenvalue weighted by Gasteiger charge is -2.04. The van der Waals surface area contributed by atoms with Crippen LogP contribution in [-0.4, -0.2) is 16.4 Å². The summed E-state index contributed by atoms with van der Waals surface area (Å²) >= 11 is 11.7. The van der Waals surface area contributed by atoms with Crippen molar-refractivity contribution in [1.29, 1.82) is 0 Å². The first-order valence-corrected chi connectivity index (χ1v) is 5.72. The van der Waals surface area contributed by atoms with Gasteiger partial charge in [-0.05, 0) is 17.7 Å². The van der Waals surface area contributed by atoms with Crippen LogP contribution in [0.3, 0.4) is 0 Å². The van der Waals surface area contributed by atoms with Gasteiger partial charge in [0, 0.05) is 13.1 Å². The van der Waals surface area contributed by atoms with Crippen molar-refractivity contribution < 1.29 is 18.2 Å². The zero-order valence-electron chi connectivity index (χ0n) is 9.48. The fourth-order valence-electron chi connectivity index (χ4n) is 1.51. The predicted octanol–water partition coefficient (Wildman–Crippen LogP) is 2.63. The number of aromatic nitrogens is 3. The number of hydrogen-bond acceptors (Lipinski definition) is 3. The van der Waals surface area contributed by atoms with Crippen molar-refractivity contribution in [3.63, 3.8) is 0 Å². The molecule has 0 fully saturated rings. The second-order valence-electron chi connectivity index (χ2n) is 3.51. The summed E-state index contributed by atoms with van der Waals surface area (Å²) in [6, 6.07) is 2.93. The molecule has 2 rings (SSSR count). The van der Waals surface area contributed by atoms with Crippen LogP contribution in [0, 0.1) is 5.21 Å². The third kappa shape index (κ3) is 2.57. The second kappa shape index (κ2) is 5.18. The lowest BCUT2D eigenvalue weighted by Crippen LogP contribution is -2.26. The largest absolute Gasteiger partial charge is 0.618 e. The van der Waals surface area contributed by atoms with Crippen LogP contribution in [0.25, 0.3) is 11.3 Å². The molecule has 0 saturated heterocycles. The van der Waals surface area contributed by atoms with Crippen molar-refractivity contribution in [1.82, 2.24) is 9.78 Å². The third-order valence-electron chi connectivity index (χ3n) is 2.30. The summed E-state index contributed by atoms with van der Waals surface area (Å²) in [7, 11) is 1.38. The number of pyridine rings is 1. The Morgan fingerprint density at radius 1 is 1.47 bits per heavy atom. The van der Waals surface area contributed by atoms with Gasteiger partial charge in [0.05, 0.1) is 5.56 Å². The van der Waals surface area contributed by atoms with Crippen LogP contribution in [0.1, 0.15) is 0 Å². The molecule has 0 aliphatic rings. The zero-order chi connectivity index (χ0) is 14.2. The second-order valence-corrected chi connectivity index (χ2v) is 4.24. The number of aryl methyl sites for hydroxylation is 1. The molecule has 5 nitrogen and oxygen atoms in total. The molecule has 0 saturated carbocycles. The first kappa shape index (κ1) is 13.8. The highest BCUT2D eigenvalue weighted by Gasteiger charge is 2.24. The molecule has 0 amide bonds. The predicted molar refractivity (Wildman–Crippen MR) is 64.3 cm³/mol. The van der Waals surface area contributed by atoms with Gasteiger partial charge in [0.25, 0.3) is 5.15 Å². The Balaban J connectivity index is 2.55. The first-order chi connectivity index (χ1) is 8.91. The van der Waals surface area contributed by atoms with Crippen LogP contribution in [0.15, 0.2) is 18.3 Å². The molecule has 0 N–H and O–H groups in total. The van der Waals surface area contributed by atoms with Crippen LogP contribution < -0.4 is 9.47 Å². The van der Waals surface area contributed by atoms with Crippen molar-refractivity contribution >= 4 is 23.2 Å². The molecule has 0 unspecified atom stereocenters. The van der Waals surface area contributed by atoms with E-state index in [1.54, 1.807) is 0 Å². The Kier molecular flexibility index (Phi) is 3.77. The lowest BCUT2D eigenvalue weighted by atomic mass is 10.2. The maximum absolute atomic E-state index is 12.2. The van der Waals surface area contributed by atoms with E-state index in [4.69, 9.17) is 23.2 Å². The summed E-state index contributed by atoms with van der Waals surface area (Å²) in [5.41, 5.74) is 0.318. The van der Waals surface area contributed by atoms with E-state index >= 15 is 0 Å². The van der Waals surface area contributed by atoms with Crippen molar-refractivity contribution in [3.8, 4) is 17.1 Å². The number of rotatable bonds is 3. The molecule has 0 atom stereocenters. The van der Waals surface area contributed by atoms with Gasteiger partial charge in [-0.2, -0.15) is 18.6 Å². The molecule has 0 bridgehead atoms. The Bertz CT molecular complexity index is 619. The van der Waals surface area contributed by atoms with Gasteiger partial charge in [-0.1, -0.05) is 11.6 Å². The minimum atomic E-state index is -3.03. The highest BCUT2D eigenvalue weighted by molar-refractivity contribution is 6.36. The van der Waals surface area contributed by atoms with Crippen LogP contribution in [-0.2, 0) is 7.05 Å². The van der Waals surface area contributed by atoms with Gasteiger partial charge in [-0.25, -0.2) is 4.68 Å². The van der Waals surface area contributed by atoms with E-state index in [1.165, 1.54) is 25.4 Å². The Hall–Kier alpha value is -1.60. The third-order valence-corrected chi connectivity index (χ3v) is 3.01. The molecule has 2 aromatic heterocycles. The number of alkyl halides is 2. The molecule has 2 heterocycles. The molecule has 0 radical (unpaired) electrons. The molecule has 102 valence electrons. The molecule has 0 spiro atoms. The smallest absolute Gasteiger partial charge is 0.388 e. The fraction of sp³-hybridized carbons (Fsp3) is 0.200. The van der Waals surface area contributed by atoms with Crippen molar-refractivity contribution in [2.75, 3.05) is 0 Å². The minimum absolute atomic E-state index is 0.0926. The van der Waals surface area contributed by atoms with E-state index in [2.05, 4.69) is 9.84 Å². The van der Waals surface area contributed by atoms with Crippen LogP contribution >= 0.6 is 23.2 Å². The van der Waals surface area contributed by atoms with Gasteiger partial charge < -0.3 is 9.94 Å². The average Bonchev–Trinajstić information content (AvgIpc) is 2.60. The molecule has 0 aliphatic carbocycles. The summed E-state index contributed by atoms with van der Waals surface area (Å²) in [6.07, 6.45) is 1.19. The van der Waals surface area contributed by atoms with E-state index in [0.717, 1.165) is 4.68 Å². The summed E-state index contributed by atoms with van der Waals surface area (Å²) in [6.45, 7) is -3.03. The highest BCUT2D eigenvalue weighted by atomic mass is 35.5. The lowest BCUT2D eigenvalue weighted by molar-refractivity contribution is -0.602. The van der Waals surface area contributed by atoms with Crippen LogP contribution in [0.2, 0.25) is 10.2 Å². The molecule has 2 aromatic rings. The van der Waals surface area contributed by atoms with Gasteiger partial charge >= 0.3 is 6.61 Å². The summed E-state index contributed by atoms with van der Waals surface area (Å²) in [4.78, 5) is 0. The summed E-state index contributed by atoms with van der Waals surface area (Å²) in [5, 5.41) is 15.0. The van der Waals surface area contributed by atoms with Crippen LogP contribution in [0.5, 0.6) is 5.88 Å². The fourth-order valence-corrected chi connectivity index (χ4v) is 2.03. The summed E-state index contributed by atoms with van der Waals surface area (Å²) in [5.74, 6) is -0.302. The quantitative estimate of drug-likeness (QED) is 0.497. The van der Waals surface area contributed by atoms with E-state index in [0.29, 0.717) is 4.73 Å². The minimum Gasteiger partial charge on any atom is -0.618 e. The van der Waals surface area contributed by atoms with Crippen molar-refractivity contribution in [3.05, 3.63) is 33.7 Å². The molecule has 19 heavy (non-hydrogen) atoms. The molecular formula is C10H7Cl2F2N3O2. The number of ether oxygens (including phenoxy) is 1. The topological polar surface area (TPSA) is 54.0 Å². The van der Waals surface area contributed by atoms with E-state index in [1.807, 2.05) is 0 Å². The van der Waals surface area contributed by atoms with Gasteiger partial charge in [0.1, 0.15) is 10.7 Å². The van der Waals surface area contributed by atoms with Crippen molar-refractivity contribution in [2.24, 2.45) is 7.05 Å². The number of nitrogens with zero attached hydrogens (tertiary/aromatic N) is 3. The monoisotopic (exact) mass is 309 g/mol. The number of hydrogen-bond donors (Lipinski definition) is 0. The van der Waals surface area contributed by atoms with E-state index in [9.17, 15) is 14.0 Å². The molecule has 0 aliphatic heterocycles. The molecule has 9 heteroatoms.